The molecule has 0 amide bonds. The van der Waals surface area contributed by atoms with Crippen molar-refractivity contribution in [2.45, 2.75) is 18.9 Å². The zero-order chi connectivity index (χ0) is 13.1. The maximum atomic E-state index is 13.4. The van der Waals surface area contributed by atoms with Crippen molar-refractivity contribution in [2.24, 2.45) is 0 Å². The molecule has 0 bridgehead atoms. The third-order valence-corrected chi connectivity index (χ3v) is 3.37. The Balaban J connectivity index is 2.09. The largest absolute Gasteiger partial charge is 0.378 e. The van der Waals surface area contributed by atoms with Crippen LogP contribution in [0.5, 0.6) is 0 Å². The van der Waals surface area contributed by atoms with E-state index in [1.54, 1.807) is 0 Å². The van der Waals surface area contributed by atoms with Gasteiger partial charge in [0.05, 0.1) is 4.92 Å². The van der Waals surface area contributed by atoms with Gasteiger partial charge in [-0.05, 0) is 38.6 Å². The first kappa shape index (κ1) is 12.8. The summed E-state index contributed by atoms with van der Waals surface area (Å²) in [5, 5.41) is 13.8. The van der Waals surface area contributed by atoms with E-state index in [0.717, 1.165) is 25.5 Å². The second-order valence-electron chi connectivity index (χ2n) is 4.55. The minimum Gasteiger partial charge on any atom is -0.378 e. The minimum absolute atomic E-state index is 0.250. The topological polar surface area (TPSA) is 58.4 Å². The number of nitrogens with zero attached hydrogens (tertiary/aromatic N) is 2. The van der Waals surface area contributed by atoms with Gasteiger partial charge in [-0.3, -0.25) is 10.1 Å². The van der Waals surface area contributed by atoms with Gasteiger partial charge in [0.25, 0.3) is 0 Å². The summed E-state index contributed by atoms with van der Waals surface area (Å²) in [4.78, 5) is 12.3. The maximum Gasteiger partial charge on any atom is 0.327 e. The van der Waals surface area contributed by atoms with Crippen molar-refractivity contribution < 1.29 is 9.31 Å². The van der Waals surface area contributed by atoms with Crippen LogP contribution in [0.15, 0.2) is 18.2 Å². The average molecular weight is 253 g/mol. The van der Waals surface area contributed by atoms with Gasteiger partial charge in [0.1, 0.15) is 5.69 Å². The highest BCUT2D eigenvalue weighted by Crippen LogP contribution is 2.27. The van der Waals surface area contributed by atoms with Crippen LogP contribution in [-0.2, 0) is 0 Å². The SMILES string of the molecule is CN1CCCC1CNc1cccc(F)c1[N+](=O)[O-]. The van der Waals surface area contributed by atoms with Crippen LogP contribution in [0.4, 0.5) is 15.8 Å². The Labute approximate surface area is 105 Å². The molecular weight excluding hydrogens is 237 g/mol. The van der Waals surface area contributed by atoms with E-state index in [1.165, 1.54) is 12.1 Å². The lowest BCUT2D eigenvalue weighted by molar-refractivity contribution is -0.386. The fourth-order valence-electron chi connectivity index (χ4n) is 2.31. The van der Waals surface area contributed by atoms with E-state index in [4.69, 9.17) is 0 Å². The van der Waals surface area contributed by atoms with Crippen molar-refractivity contribution in [3.8, 4) is 0 Å². The fraction of sp³-hybridized carbons (Fsp3) is 0.500. The number of para-hydroxylation sites is 1. The Morgan fingerprint density at radius 1 is 1.61 bits per heavy atom. The highest BCUT2D eigenvalue weighted by molar-refractivity contribution is 5.62. The van der Waals surface area contributed by atoms with Gasteiger partial charge in [-0.25, -0.2) is 0 Å². The first-order chi connectivity index (χ1) is 8.59. The molecule has 1 unspecified atom stereocenters. The number of anilines is 1. The predicted octanol–water partition coefficient (Wildman–Crippen LogP) is 2.24. The van der Waals surface area contributed by atoms with Crippen LogP contribution in [0.2, 0.25) is 0 Å². The number of hydrogen-bond acceptors (Lipinski definition) is 4. The van der Waals surface area contributed by atoms with Gasteiger partial charge in [-0.15, -0.1) is 0 Å². The Morgan fingerprint density at radius 2 is 2.39 bits per heavy atom. The summed E-state index contributed by atoms with van der Waals surface area (Å²) in [5.74, 6) is -0.801. The molecule has 1 atom stereocenters. The zero-order valence-electron chi connectivity index (χ0n) is 10.2. The Bertz CT molecular complexity index is 453. The van der Waals surface area contributed by atoms with E-state index in [9.17, 15) is 14.5 Å². The molecule has 0 aliphatic carbocycles. The van der Waals surface area contributed by atoms with Crippen LogP contribution in [-0.4, -0.2) is 36.0 Å². The van der Waals surface area contributed by atoms with Gasteiger partial charge < -0.3 is 10.2 Å². The van der Waals surface area contributed by atoms with Crippen molar-refractivity contribution in [2.75, 3.05) is 25.5 Å². The number of halogens is 1. The van der Waals surface area contributed by atoms with E-state index in [1.807, 2.05) is 7.05 Å². The second kappa shape index (κ2) is 5.30. The lowest BCUT2D eigenvalue weighted by Crippen LogP contribution is -2.31. The molecule has 0 spiro atoms. The van der Waals surface area contributed by atoms with Crippen molar-refractivity contribution in [1.29, 1.82) is 0 Å². The van der Waals surface area contributed by atoms with Crippen LogP contribution >= 0.6 is 0 Å². The second-order valence-corrected chi connectivity index (χ2v) is 4.55. The van der Waals surface area contributed by atoms with Gasteiger partial charge >= 0.3 is 5.69 Å². The minimum atomic E-state index is -0.801. The summed E-state index contributed by atoms with van der Waals surface area (Å²) in [6.07, 6.45) is 2.20. The zero-order valence-corrected chi connectivity index (χ0v) is 10.2. The highest BCUT2D eigenvalue weighted by Gasteiger charge is 2.23. The first-order valence-electron chi connectivity index (χ1n) is 5.96. The number of likely N-dealkylation sites (N-methyl/N-ethyl adjacent to an activating group) is 1. The van der Waals surface area contributed by atoms with E-state index in [-0.39, 0.29) is 5.69 Å². The van der Waals surface area contributed by atoms with E-state index in [2.05, 4.69) is 10.2 Å². The molecule has 1 heterocycles. The number of rotatable bonds is 4. The molecule has 0 radical (unpaired) electrons. The van der Waals surface area contributed by atoms with Crippen LogP contribution in [0.1, 0.15) is 12.8 Å². The van der Waals surface area contributed by atoms with Gasteiger partial charge in [0, 0.05) is 12.6 Å². The molecule has 1 N–H and O–H groups in total. The van der Waals surface area contributed by atoms with Crippen molar-refractivity contribution in [3.05, 3.63) is 34.1 Å². The summed E-state index contributed by atoms with van der Waals surface area (Å²) in [5.41, 5.74) is -0.224. The molecule has 1 aliphatic heterocycles. The smallest absolute Gasteiger partial charge is 0.327 e. The number of benzene rings is 1. The molecule has 2 rings (SSSR count). The van der Waals surface area contributed by atoms with E-state index >= 15 is 0 Å². The van der Waals surface area contributed by atoms with Crippen LogP contribution in [0, 0.1) is 15.9 Å². The molecule has 1 fully saturated rings. The molecule has 1 aromatic carbocycles. The molecule has 1 aromatic rings. The first-order valence-corrected chi connectivity index (χ1v) is 5.96. The lowest BCUT2D eigenvalue weighted by atomic mass is 10.2. The van der Waals surface area contributed by atoms with Crippen LogP contribution in [0.3, 0.4) is 0 Å². The number of nitrogens with one attached hydrogen (secondary N) is 1. The summed E-state index contributed by atoms with van der Waals surface area (Å²) >= 11 is 0. The van der Waals surface area contributed by atoms with E-state index in [0.29, 0.717) is 12.6 Å². The maximum absolute atomic E-state index is 13.4. The number of nitro benzene ring substituents is 1. The van der Waals surface area contributed by atoms with Gasteiger partial charge in [-0.2, -0.15) is 4.39 Å². The molecule has 0 saturated carbocycles. The third kappa shape index (κ3) is 2.59. The molecule has 0 aromatic heterocycles. The number of nitro groups is 1. The van der Waals surface area contributed by atoms with Gasteiger partial charge in [0.2, 0.25) is 5.82 Å². The van der Waals surface area contributed by atoms with Crippen LogP contribution in [0.25, 0.3) is 0 Å². The summed E-state index contributed by atoms with van der Waals surface area (Å²) in [6.45, 7) is 1.64. The van der Waals surface area contributed by atoms with Crippen molar-refractivity contribution >= 4 is 11.4 Å². The molecule has 5 nitrogen and oxygen atoms in total. The standard InChI is InChI=1S/C12H16FN3O2/c1-15-7-3-4-9(15)8-14-11-6-2-5-10(13)12(11)16(17)18/h2,5-6,9,14H,3-4,7-8H2,1H3. The van der Waals surface area contributed by atoms with Crippen molar-refractivity contribution in [3.63, 3.8) is 0 Å². The normalized spacial score (nSPS) is 20.0. The highest BCUT2D eigenvalue weighted by atomic mass is 19.1. The Kier molecular flexibility index (Phi) is 3.76. The Hall–Kier alpha value is -1.69. The predicted molar refractivity (Wildman–Crippen MR) is 67.2 cm³/mol. The molecule has 18 heavy (non-hydrogen) atoms. The van der Waals surface area contributed by atoms with Crippen LogP contribution < -0.4 is 5.32 Å². The fourth-order valence-corrected chi connectivity index (χ4v) is 2.31. The van der Waals surface area contributed by atoms with E-state index < -0.39 is 16.4 Å². The summed E-state index contributed by atoms with van der Waals surface area (Å²) < 4.78 is 13.4. The molecule has 98 valence electrons. The monoisotopic (exact) mass is 253 g/mol. The summed E-state index contributed by atoms with van der Waals surface area (Å²) in [7, 11) is 2.03. The van der Waals surface area contributed by atoms with Gasteiger partial charge in [0.15, 0.2) is 0 Å². The quantitative estimate of drug-likeness (QED) is 0.660. The molecular formula is C12H16FN3O2. The average Bonchev–Trinajstić information content (AvgIpc) is 2.71. The number of likely N-dealkylation sites (tertiary alicyclic amines) is 1. The summed E-state index contributed by atoms with van der Waals surface area (Å²) in [6, 6.07) is 4.47. The molecule has 1 aliphatic rings. The van der Waals surface area contributed by atoms with Crippen molar-refractivity contribution in [1.82, 2.24) is 4.90 Å². The molecule has 6 heteroatoms. The third-order valence-electron chi connectivity index (χ3n) is 3.37. The van der Waals surface area contributed by atoms with Gasteiger partial charge in [-0.1, -0.05) is 6.07 Å². The Morgan fingerprint density at radius 3 is 3.00 bits per heavy atom. The molecule has 1 saturated heterocycles. The number of hydrogen-bond donors (Lipinski definition) is 1. The lowest BCUT2D eigenvalue weighted by Gasteiger charge is -2.20.